The molecule has 5 amide bonds. The molecule has 1 aromatic carbocycles. The smallest absolute Gasteiger partial charge is 0.420 e. The molecule has 3 aliphatic rings. The lowest BCUT2D eigenvalue weighted by atomic mass is 10.1. The quantitative estimate of drug-likeness (QED) is 0.421. The van der Waals surface area contributed by atoms with Gasteiger partial charge in [-0.25, -0.2) is 37.6 Å². The summed E-state index contributed by atoms with van der Waals surface area (Å²) in [4.78, 5) is 62.3. The lowest BCUT2D eigenvalue weighted by Gasteiger charge is -2.34. The van der Waals surface area contributed by atoms with E-state index < -0.39 is 47.0 Å². The number of aromatic nitrogens is 2. The molecular formula is C30H40N8O7S. The van der Waals surface area contributed by atoms with Crippen molar-refractivity contribution in [2.75, 3.05) is 44.6 Å². The molecule has 2 fully saturated rings. The van der Waals surface area contributed by atoms with Crippen LogP contribution in [0.4, 0.5) is 20.2 Å². The molecule has 0 saturated carbocycles. The van der Waals surface area contributed by atoms with Gasteiger partial charge in [-0.15, -0.1) is 0 Å². The fraction of sp³-hybridized carbons (Fsp3) is 0.533. The maximum atomic E-state index is 13.1. The van der Waals surface area contributed by atoms with Crippen molar-refractivity contribution in [3.05, 3.63) is 53.5 Å². The van der Waals surface area contributed by atoms with E-state index in [1.165, 1.54) is 37.6 Å². The van der Waals surface area contributed by atoms with Gasteiger partial charge < -0.3 is 24.6 Å². The van der Waals surface area contributed by atoms with Gasteiger partial charge >= 0.3 is 18.2 Å². The molecule has 2 saturated heterocycles. The number of benzene rings is 1. The zero-order chi connectivity index (χ0) is 32.8. The lowest BCUT2D eigenvalue weighted by molar-refractivity contribution is -0.000279. The molecular weight excluding hydrogens is 616 g/mol. The molecule has 3 N–H and O–H groups in total. The van der Waals surface area contributed by atoms with Gasteiger partial charge in [-0.3, -0.25) is 10.1 Å². The number of nitrogens with one attached hydrogen (secondary N) is 3. The van der Waals surface area contributed by atoms with Gasteiger partial charge in [0.15, 0.2) is 11.5 Å². The van der Waals surface area contributed by atoms with Gasteiger partial charge in [0, 0.05) is 51.2 Å². The standard InChI is InChI=1S/C30H40N8O7S/c1-30(2,3)45-29(42)37-12-6-9-23(19-37)44-28(41)35-46(43)38-15-13-36(14-16-38)27(40)34-25-24(31-10-11-32-25)26(39)33-22-17-20-7-4-5-8-21(20)18-22/h4-5,7-8,10-11,22-23H,6,9,12-19H2,1-3H3,(H,33,39)(H,35,41)(H,32,34,40). The summed E-state index contributed by atoms with van der Waals surface area (Å²) in [7, 11) is 0. The normalized spacial score (nSPS) is 19.5. The summed E-state index contributed by atoms with van der Waals surface area (Å²) in [6.45, 7) is 6.89. The van der Waals surface area contributed by atoms with Crippen molar-refractivity contribution >= 4 is 41.1 Å². The maximum absolute atomic E-state index is 13.1. The van der Waals surface area contributed by atoms with E-state index in [4.69, 9.17) is 9.47 Å². The molecule has 3 heterocycles. The molecule has 2 aliphatic heterocycles. The first-order chi connectivity index (χ1) is 21.9. The first-order valence-corrected chi connectivity index (χ1v) is 16.4. The highest BCUT2D eigenvalue weighted by Gasteiger charge is 2.32. The number of fused-ring (bicyclic) bond motifs is 1. The van der Waals surface area contributed by atoms with E-state index >= 15 is 0 Å². The summed E-state index contributed by atoms with van der Waals surface area (Å²) >= 11 is -1.90. The molecule has 16 heteroatoms. The minimum atomic E-state index is -1.90. The molecule has 0 bridgehead atoms. The number of hydrogen-bond acceptors (Lipinski definition) is 9. The number of likely N-dealkylation sites (tertiary alicyclic amines) is 1. The zero-order valence-corrected chi connectivity index (χ0v) is 27.0. The highest BCUT2D eigenvalue weighted by molar-refractivity contribution is 7.81. The van der Waals surface area contributed by atoms with Crippen LogP contribution in [0.25, 0.3) is 0 Å². The predicted octanol–water partition coefficient (Wildman–Crippen LogP) is 2.23. The van der Waals surface area contributed by atoms with Gasteiger partial charge in [-0.2, -0.15) is 0 Å². The Labute approximate surface area is 270 Å². The molecule has 0 radical (unpaired) electrons. The second-order valence-corrected chi connectivity index (χ2v) is 13.6. The van der Waals surface area contributed by atoms with Crippen molar-refractivity contribution < 1.29 is 32.9 Å². The van der Waals surface area contributed by atoms with Crippen LogP contribution in [-0.2, 0) is 33.5 Å². The molecule has 46 heavy (non-hydrogen) atoms. The molecule has 2 atom stereocenters. The average molecular weight is 657 g/mol. The molecule has 15 nitrogen and oxygen atoms in total. The van der Waals surface area contributed by atoms with Crippen molar-refractivity contribution in [2.45, 2.75) is 64.2 Å². The molecule has 0 spiro atoms. The highest BCUT2D eigenvalue weighted by atomic mass is 32.2. The van der Waals surface area contributed by atoms with E-state index in [2.05, 4.69) is 25.3 Å². The van der Waals surface area contributed by atoms with Crippen molar-refractivity contribution in [1.82, 2.24) is 34.1 Å². The Morgan fingerprint density at radius 2 is 1.61 bits per heavy atom. The number of carbonyl (C=O) groups excluding carboxylic acids is 4. The van der Waals surface area contributed by atoms with E-state index in [1.54, 1.807) is 20.8 Å². The summed E-state index contributed by atoms with van der Waals surface area (Å²) in [5, 5.41) is 5.68. The molecule has 2 unspecified atom stereocenters. The zero-order valence-electron chi connectivity index (χ0n) is 26.2. The van der Waals surface area contributed by atoms with E-state index in [0.717, 1.165) is 12.8 Å². The number of ether oxygens (including phenoxy) is 2. The Bertz CT molecular complexity index is 1450. The van der Waals surface area contributed by atoms with E-state index in [9.17, 15) is 23.4 Å². The minimum Gasteiger partial charge on any atom is -0.444 e. The third-order valence-electron chi connectivity index (χ3n) is 7.76. The van der Waals surface area contributed by atoms with Crippen LogP contribution in [0.3, 0.4) is 0 Å². The Morgan fingerprint density at radius 3 is 2.28 bits per heavy atom. The van der Waals surface area contributed by atoms with E-state index in [-0.39, 0.29) is 50.3 Å². The van der Waals surface area contributed by atoms with Gasteiger partial charge in [0.1, 0.15) is 11.7 Å². The fourth-order valence-electron chi connectivity index (χ4n) is 5.59. The Hall–Kier alpha value is -4.31. The lowest BCUT2D eigenvalue weighted by Crippen LogP contribution is -2.53. The maximum Gasteiger partial charge on any atom is 0.420 e. The fourth-order valence-corrected chi connectivity index (χ4v) is 6.40. The predicted molar refractivity (Wildman–Crippen MR) is 168 cm³/mol. The van der Waals surface area contributed by atoms with Gasteiger partial charge in [0.05, 0.1) is 6.54 Å². The summed E-state index contributed by atoms with van der Waals surface area (Å²) in [5.41, 5.74) is 1.77. The van der Waals surface area contributed by atoms with Crippen molar-refractivity contribution in [3.8, 4) is 0 Å². The number of nitrogens with zero attached hydrogens (tertiary/aromatic N) is 5. The molecule has 1 aromatic heterocycles. The van der Waals surface area contributed by atoms with Crippen molar-refractivity contribution in [1.29, 1.82) is 0 Å². The van der Waals surface area contributed by atoms with Crippen LogP contribution < -0.4 is 15.4 Å². The van der Waals surface area contributed by atoms with E-state index in [0.29, 0.717) is 19.4 Å². The van der Waals surface area contributed by atoms with Crippen LogP contribution in [-0.4, -0.2) is 109 Å². The van der Waals surface area contributed by atoms with Crippen LogP contribution in [0.2, 0.25) is 0 Å². The third kappa shape index (κ3) is 8.69. The van der Waals surface area contributed by atoms with Gasteiger partial charge in [0.25, 0.3) is 5.91 Å². The van der Waals surface area contributed by atoms with Crippen LogP contribution in [0.5, 0.6) is 0 Å². The van der Waals surface area contributed by atoms with Crippen LogP contribution in [0.1, 0.15) is 55.2 Å². The van der Waals surface area contributed by atoms with Gasteiger partial charge in [-0.05, 0) is 57.6 Å². The first kappa shape index (κ1) is 33.1. The Kier molecular flexibility index (Phi) is 10.4. The Balaban J connectivity index is 1.06. The number of urea groups is 1. The molecule has 5 rings (SSSR count). The summed E-state index contributed by atoms with van der Waals surface area (Å²) in [5.74, 6) is -0.381. The number of anilines is 1. The largest absolute Gasteiger partial charge is 0.444 e. The molecule has 248 valence electrons. The number of amides is 5. The second-order valence-electron chi connectivity index (χ2n) is 12.4. The second kappa shape index (κ2) is 14.4. The van der Waals surface area contributed by atoms with Crippen LogP contribution in [0, 0.1) is 0 Å². The first-order valence-electron chi connectivity index (χ1n) is 15.3. The summed E-state index contributed by atoms with van der Waals surface area (Å²) < 4.78 is 27.5. The number of carbonyl (C=O) groups is 4. The highest BCUT2D eigenvalue weighted by Crippen LogP contribution is 2.22. The van der Waals surface area contributed by atoms with Crippen LogP contribution >= 0.6 is 0 Å². The van der Waals surface area contributed by atoms with Crippen molar-refractivity contribution in [3.63, 3.8) is 0 Å². The van der Waals surface area contributed by atoms with Gasteiger partial charge in [-0.1, -0.05) is 24.3 Å². The van der Waals surface area contributed by atoms with Crippen LogP contribution in [0.15, 0.2) is 36.7 Å². The Morgan fingerprint density at radius 1 is 0.935 bits per heavy atom. The van der Waals surface area contributed by atoms with E-state index in [1.807, 2.05) is 24.3 Å². The summed E-state index contributed by atoms with van der Waals surface area (Å²) in [6, 6.07) is 7.49. The minimum absolute atomic E-state index is 0.0152. The summed E-state index contributed by atoms with van der Waals surface area (Å²) in [6.07, 6.45) is 3.55. The number of hydrogen-bond donors (Lipinski definition) is 3. The number of piperazine rings is 1. The molecule has 2 aromatic rings. The average Bonchev–Trinajstić information content (AvgIpc) is 3.43. The molecule has 1 aliphatic carbocycles. The van der Waals surface area contributed by atoms with Gasteiger partial charge in [0.2, 0.25) is 11.2 Å². The SMILES string of the molecule is CC(C)(C)OC(=O)N1CCCC(OC(=O)NS(=O)N2CCN(C(=O)Nc3nccnc3C(=O)NC3Cc4ccccc4C3)CC2)C1. The number of piperidine rings is 1. The topological polar surface area (TPSA) is 175 Å². The number of rotatable bonds is 6. The third-order valence-corrected chi connectivity index (χ3v) is 8.93. The van der Waals surface area contributed by atoms with Crippen molar-refractivity contribution in [2.24, 2.45) is 0 Å². The monoisotopic (exact) mass is 656 g/mol.